The summed E-state index contributed by atoms with van der Waals surface area (Å²) in [5.41, 5.74) is -0.510. The van der Waals surface area contributed by atoms with Crippen LogP contribution in [0.4, 0.5) is 13.2 Å². The van der Waals surface area contributed by atoms with Gasteiger partial charge in [-0.2, -0.15) is 18.3 Å². The molecule has 9 heteroatoms. The van der Waals surface area contributed by atoms with Crippen molar-refractivity contribution in [3.05, 3.63) is 40.8 Å². The third-order valence-electron chi connectivity index (χ3n) is 4.36. The third-order valence-corrected chi connectivity index (χ3v) is 4.80. The fourth-order valence-electron chi connectivity index (χ4n) is 2.85. The molecule has 3 aromatic heterocycles. The van der Waals surface area contributed by atoms with Gasteiger partial charge in [0.15, 0.2) is 5.65 Å². The first-order chi connectivity index (χ1) is 11.8. The molecule has 0 saturated heterocycles. The van der Waals surface area contributed by atoms with Crippen LogP contribution in [0, 0.1) is 0 Å². The van der Waals surface area contributed by atoms with Gasteiger partial charge in [0.2, 0.25) is 0 Å². The number of aromatic nitrogens is 4. The molecule has 0 atom stereocenters. The van der Waals surface area contributed by atoms with Crippen molar-refractivity contribution in [3.63, 3.8) is 0 Å². The second-order valence-electron chi connectivity index (χ2n) is 5.92. The van der Waals surface area contributed by atoms with E-state index in [1.807, 2.05) is 0 Å². The van der Waals surface area contributed by atoms with Crippen molar-refractivity contribution in [1.82, 2.24) is 19.6 Å². The predicted molar refractivity (Wildman–Crippen MR) is 87.4 cm³/mol. The van der Waals surface area contributed by atoms with E-state index in [0.29, 0.717) is 21.6 Å². The molecule has 1 aliphatic carbocycles. The highest BCUT2D eigenvalue weighted by molar-refractivity contribution is 9.10. The molecule has 0 aliphatic heterocycles. The molecule has 3 aromatic rings. The van der Waals surface area contributed by atoms with E-state index in [9.17, 15) is 13.2 Å². The Morgan fingerprint density at radius 2 is 1.96 bits per heavy atom. The predicted octanol–water partition coefficient (Wildman–Crippen LogP) is 4.16. The molecule has 0 unspecified atom stereocenters. The number of methoxy groups -OCH3 is 1. The molecule has 4 rings (SSSR count). The number of hydrogen-bond acceptors (Lipinski definition) is 4. The molecule has 5 nitrogen and oxygen atoms in total. The number of nitrogens with zero attached hydrogens (tertiary/aromatic N) is 4. The number of halogens is 4. The highest BCUT2D eigenvalue weighted by Gasteiger charge is 2.66. The summed E-state index contributed by atoms with van der Waals surface area (Å²) in [6.45, 7) is 0. The molecule has 0 spiro atoms. The first-order valence-corrected chi connectivity index (χ1v) is 8.28. The maximum atomic E-state index is 13.5. The van der Waals surface area contributed by atoms with E-state index in [1.165, 1.54) is 17.7 Å². The van der Waals surface area contributed by atoms with Gasteiger partial charge >= 0.3 is 6.18 Å². The molecule has 25 heavy (non-hydrogen) atoms. The number of rotatable bonds is 3. The van der Waals surface area contributed by atoms with Crippen LogP contribution in [0.15, 0.2) is 35.1 Å². The van der Waals surface area contributed by atoms with Crippen molar-refractivity contribution >= 4 is 21.6 Å². The van der Waals surface area contributed by atoms with E-state index in [0.717, 1.165) is 0 Å². The van der Waals surface area contributed by atoms with Gasteiger partial charge in [-0.3, -0.25) is 0 Å². The van der Waals surface area contributed by atoms with Crippen LogP contribution < -0.4 is 4.74 Å². The zero-order chi connectivity index (χ0) is 17.8. The maximum Gasteiger partial charge on any atom is 0.400 e. The van der Waals surface area contributed by atoms with Crippen molar-refractivity contribution in [1.29, 1.82) is 0 Å². The summed E-state index contributed by atoms with van der Waals surface area (Å²) >= 11 is 3.29. The van der Waals surface area contributed by atoms with Gasteiger partial charge in [0.1, 0.15) is 27.2 Å². The van der Waals surface area contributed by atoms with E-state index in [4.69, 9.17) is 4.74 Å². The van der Waals surface area contributed by atoms with Crippen LogP contribution >= 0.6 is 15.9 Å². The third kappa shape index (κ3) is 2.57. The van der Waals surface area contributed by atoms with Gasteiger partial charge in [-0.1, -0.05) is 6.07 Å². The summed E-state index contributed by atoms with van der Waals surface area (Å²) in [5, 5.41) is 4.18. The lowest BCUT2D eigenvalue weighted by molar-refractivity contribution is -0.162. The van der Waals surface area contributed by atoms with E-state index in [1.54, 1.807) is 24.4 Å². The Hall–Kier alpha value is -2.16. The molecule has 130 valence electrons. The van der Waals surface area contributed by atoms with Crippen molar-refractivity contribution in [2.24, 2.45) is 0 Å². The van der Waals surface area contributed by atoms with Crippen LogP contribution in [0.1, 0.15) is 18.5 Å². The van der Waals surface area contributed by atoms with Crippen LogP contribution in [0.5, 0.6) is 5.75 Å². The molecular formula is C16H12BrF3N4O. The summed E-state index contributed by atoms with van der Waals surface area (Å²) in [4.78, 5) is 8.70. The average molecular weight is 413 g/mol. The Labute approximate surface area is 149 Å². The average Bonchev–Trinajstić information content (AvgIpc) is 3.28. The topological polar surface area (TPSA) is 52.3 Å². The number of alkyl halides is 3. The van der Waals surface area contributed by atoms with E-state index in [-0.39, 0.29) is 24.3 Å². The maximum absolute atomic E-state index is 13.5. The summed E-state index contributed by atoms with van der Waals surface area (Å²) in [5.74, 6) is 0.0988. The van der Waals surface area contributed by atoms with Gasteiger partial charge < -0.3 is 4.74 Å². The minimum atomic E-state index is -4.36. The Morgan fingerprint density at radius 1 is 1.20 bits per heavy atom. The molecule has 1 saturated carbocycles. The molecule has 1 fully saturated rings. The molecule has 0 radical (unpaired) electrons. The van der Waals surface area contributed by atoms with E-state index >= 15 is 0 Å². The summed E-state index contributed by atoms with van der Waals surface area (Å²) in [6.07, 6.45) is -2.77. The normalized spacial score (nSPS) is 16.2. The van der Waals surface area contributed by atoms with Gasteiger partial charge in [0.05, 0.1) is 19.0 Å². The minimum absolute atomic E-state index is 0.0140. The molecule has 0 amide bonds. The lowest BCUT2D eigenvalue weighted by Gasteiger charge is -2.20. The molecule has 0 bridgehead atoms. The highest BCUT2D eigenvalue weighted by Crippen LogP contribution is 2.60. The van der Waals surface area contributed by atoms with E-state index in [2.05, 4.69) is 31.0 Å². The van der Waals surface area contributed by atoms with Gasteiger partial charge in [-0.25, -0.2) is 14.5 Å². The fraction of sp³-hybridized carbons (Fsp3) is 0.312. The monoisotopic (exact) mass is 412 g/mol. The first kappa shape index (κ1) is 16.3. The molecular weight excluding hydrogens is 401 g/mol. The van der Waals surface area contributed by atoms with Gasteiger partial charge in [0.25, 0.3) is 0 Å². The zero-order valence-corrected chi connectivity index (χ0v) is 14.6. The quantitative estimate of drug-likeness (QED) is 0.606. The number of ether oxygens (including phenoxy) is 1. The highest BCUT2D eigenvalue weighted by atomic mass is 79.9. The number of pyridine rings is 1. The Morgan fingerprint density at radius 3 is 2.56 bits per heavy atom. The van der Waals surface area contributed by atoms with Crippen molar-refractivity contribution < 1.29 is 17.9 Å². The van der Waals surface area contributed by atoms with E-state index < -0.39 is 11.6 Å². The molecule has 0 N–H and O–H groups in total. The lowest BCUT2D eigenvalue weighted by atomic mass is 10.0. The van der Waals surface area contributed by atoms with Crippen LogP contribution in [0.25, 0.3) is 17.0 Å². The van der Waals surface area contributed by atoms with Crippen LogP contribution in [-0.4, -0.2) is 32.9 Å². The molecule has 0 aromatic carbocycles. The molecule has 1 aliphatic rings. The first-order valence-electron chi connectivity index (χ1n) is 7.49. The lowest BCUT2D eigenvalue weighted by Crippen LogP contribution is -2.30. The summed E-state index contributed by atoms with van der Waals surface area (Å²) in [6, 6.07) is 6.83. The van der Waals surface area contributed by atoms with Crippen LogP contribution in [0.3, 0.4) is 0 Å². The zero-order valence-electron chi connectivity index (χ0n) is 13.0. The Bertz CT molecular complexity index is 966. The van der Waals surface area contributed by atoms with Crippen molar-refractivity contribution in [3.8, 4) is 17.1 Å². The van der Waals surface area contributed by atoms with Crippen molar-refractivity contribution in [2.45, 2.75) is 24.4 Å². The Kier molecular flexibility index (Phi) is 3.54. The number of hydrogen-bond donors (Lipinski definition) is 0. The van der Waals surface area contributed by atoms with Gasteiger partial charge in [0, 0.05) is 6.07 Å². The second-order valence-corrected chi connectivity index (χ2v) is 6.73. The summed E-state index contributed by atoms with van der Waals surface area (Å²) < 4.78 is 47.6. The minimum Gasteiger partial charge on any atom is -0.495 e. The van der Waals surface area contributed by atoms with Crippen LogP contribution in [-0.2, 0) is 5.41 Å². The SMILES string of the molecule is COc1cc2nc(-c3cccc(Br)n3)cn2nc1C1(C(F)(F)F)CC1. The van der Waals surface area contributed by atoms with Crippen molar-refractivity contribution in [2.75, 3.05) is 7.11 Å². The van der Waals surface area contributed by atoms with Crippen LogP contribution in [0.2, 0.25) is 0 Å². The number of imidazole rings is 1. The smallest absolute Gasteiger partial charge is 0.400 e. The largest absolute Gasteiger partial charge is 0.495 e. The standard InChI is InChI=1S/C16H12BrF3N4O/c1-25-11-7-13-22-10(9-3-2-4-12(17)21-9)8-24(13)23-14(11)15(5-6-15)16(18,19)20/h2-4,7-8H,5-6H2,1H3. The summed E-state index contributed by atoms with van der Waals surface area (Å²) in [7, 11) is 1.34. The van der Waals surface area contributed by atoms with Gasteiger partial charge in [-0.15, -0.1) is 0 Å². The second kappa shape index (κ2) is 5.42. The fourth-order valence-corrected chi connectivity index (χ4v) is 3.19. The number of fused-ring (bicyclic) bond motifs is 1. The Balaban J connectivity index is 1.87. The van der Waals surface area contributed by atoms with Gasteiger partial charge in [-0.05, 0) is 40.9 Å². The molecule has 3 heterocycles.